The molecule has 0 unspecified atom stereocenters. The van der Waals surface area contributed by atoms with Crippen molar-refractivity contribution in [2.75, 3.05) is 31.6 Å². The molecule has 0 aromatic carbocycles. The zero-order valence-corrected chi connectivity index (χ0v) is 12.1. The van der Waals surface area contributed by atoms with Gasteiger partial charge in [0.1, 0.15) is 0 Å². The van der Waals surface area contributed by atoms with E-state index >= 15 is 0 Å². The lowest BCUT2D eigenvalue weighted by atomic mass is 10.4. The third-order valence-corrected chi connectivity index (χ3v) is 2.31. The maximum Gasteiger partial charge on any atom is 0.322 e. The quantitative estimate of drug-likeness (QED) is 0.802. The van der Waals surface area contributed by atoms with E-state index in [0.29, 0.717) is 19.1 Å². The molecule has 1 rings (SSSR count). The second-order valence-corrected chi connectivity index (χ2v) is 4.16. The van der Waals surface area contributed by atoms with Gasteiger partial charge < -0.3 is 15.0 Å². The molecule has 0 aliphatic heterocycles. The highest BCUT2D eigenvalue weighted by Crippen LogP contribution is 2.13. The molecule has 1 amide bonds. The van der Waals surface area contributed by atoms with E-state index in [1.54, 1.807) is 11.9 Å². The third-order valence-electron chi connectivity index (χ3n) is 2.14. The first-order chi connectivity index (χ1) is 9.06. The molecule has 0 radical (unpaired) electrons. The monoisotopic (exact) mass is 287 g/mol. The minimum atomic E-state index is -0.0983. The molecule has 0 aliphatic rings. The van der Waals surface area contributed by atoms with Crippen molar-refractivity contribution in [1.82, 2.24) is 20.3 Å². The summed E-state index contributed by atoms with van der Waals surface area (Å²) in [6.45, 7) is 5.03. The van der Waals surface area contributed by atoms with E-state index in [2.05, 4.69) is 20.3 Å². The zero-order chi connectivity index (χ0) is 14.3. The molecule has 1 aromatic heterocycles. The molecule has 0 fully saturated rings. The first-order valence-corrected chi connectivity index (χ1v) is 6.46. The predicted octanol–water partition coefficient (Wildman–Crippen LogP) is 0.886. The van der Waals surface area contributed by atoms with Crippen molar-refractivity contribution < 1.29 is 9.53 Å². The van der Waals surface area contributed by atoms with Crippen molar-refractivity contribution in [3.8, 4) is 6.01 Å². The smallest absolute Gasteiger partial charge is 0.322 e. The van der Waals surface area contributed by atoms with Gasteiger partial charge in [0.25, 0.3) is 0 Å². The number of rotatable bonds is 7. The third kappa shape index (κ3) is 5.25. The number of nitrogens with one attached hydrogen (secondary N) is 1. The van der Waals surface area contributed by atoms with Gasteiger partial charge in [-0.2, -0.15) is 15.0 Å². The maximum absolute atomic E-state index is 11.6. The molecule has 1 aromatic rings. The Labute approximate surface area is 117 Å². The minimum absolute atomic E-state index is 0.0364. The lowest BCUT2D eigenvalue weighted by Crippen LogP contribution is -2.36. The van der Waals surface area contributed by atoms with Gasteiger partial charge >= 0.3 is 6.01 Å². The Morgan fingerprint density at radius 2 is 2.11 bits per heavy atom. The molecule has 0 spiro atoms. The van der Waals surface area contributed by atoms with Gasteiger partial charge in [-0.1, -0.05) is 6.92 Å². The van der Waals surface area contributed by atoms with E-state index < -0.39 is 0 Å². The van der Waals surface area contributed by atoms with Gasteiger partial charge in [-0.25, -0.2) is 0 Å². The average Bonchev–Trinajstić information content (AvgIpc) is 2.36. The summed E-state index contributed by atoms with van der Waals surface area (Å²) in [6.07, 6.45) is 0.890. The molecule has 0 saturated heterocycles. The standard InChI is InChI=1S/C11H18ClN5O2/c1-4-6-13-8(18)7-17(3)10-14-9(12)15-11(16-10)19-5-2/h4-7H2,1-3H3,(H,13,18). The summed E-state index contributed by atoms with van der Waals surface area (Å²) in [5.41, 5.74) is 0. The van der Waals surface area contributed by atoms with Crippen LogP contribution in [0.1, 0.15) is 20.3 Å². The Balaban J connectivity index is 2.70. The normalized spacial score (nSPS) is 10.1. The predicted molar refractivity (Wildman–Crippen MR) is 72.6 cm³/mol. The number of halogens is 1. The minimum Gasteiger partial charge on any atom is -0.464 e. The number of likely N-dealkylation sites (N-methyl/N-ethyl adjacent to an activating group) is 1. The van der Waals surface area contributed by atoms with Crippen LogP contribution < -0.4 is 15.0 Å². The van der Waals surface area contributed by atoms with Gasteiger partial charge in [0, 0.05) is 13.6 Å². The molecule has 0 saturated carbocycles. The summed E-state index contributed by atoms with van der Waals surface area (Å²) in [5.74, 6) is 0.203. The SMILES string of the molecule is CCCNC(=O)CN(C)c1nc(Cl)nc(OCC)n1. The van der Waals surface area contributed by atoms with Crippen LogP contribution in [0.15, 0.2) is 0 Å². The van der Waals surface area contributed by atoms with E-state index in [4.69, 9.17) is 16.3 Å². The molecule has 0 aliphatic carbocycles. The second kappa shape index (κ2) is 7.73. The molecule has 19 heavy (non-hydrogen) atoms. The van der Waals surface area contributed by atoms with Crippen molar-refractivity contribution in [3.63, 3.8) is 0 Å². The number of carbonyl (C=O) groups is 1. The van der Waals surface area contributed by atoms with Gasteiger partial charge in [-0.3, -0.25) is 4.79 Å². The van der Waals surface area contributed by atoms with E-state index in [1.807, 2.05) is 13.8 Å². The first kappa shape index (κ1) is 15.4. The van der Waals surface area contributed by atoms with Gasteiger partial charge in [-0.15, -0.1) is 0 Å². The number of nitrogens with zero attached hydrogens (tertiary/aromatic N) is 4. The number of ether oxygens (including phenoxy) is 1. The number of hydrogen-bond acceptors (Lipinski definition) is 6. The molecule has 0 atom stereocenters. The highest BCUT2D eigenvalue weighted by molar-refractivity contribution is 6.28. The fourth-order valence-electron chi connectivity index (χ4n) is 1.29. The van der Waals surface area contributed by atoms with Crippen LogP contribution in [0.25, 0.3) is 0 Å². The van der Waals surface area contributed by atoms with Gasteiger partial charge in [0.05, 0.1) is 13.2 Å². The van der Waals surface area contributed by atoms with Gasteiger partial charge in [0.2, 0.25) is 17.1 Å². The van der Waals surface area contributed by atoms with Crippen LogP contribution in [-0.2, 0) is 4.79 Å². The first-order valence-electron chi connectivity index (χ1n) is 6.09. The largest absolute Gasteiger partial charge is 0.464 e. The summed E-state index contributed by atoms with van der Waals surface area (Å²) in [5, 5.41) is 2.81. The van der Waals surface area contributed by atoms with E-state index in [9.17, 15) is 4.79 Å². The molecular weight excluding hydrogens is 270 g/mol. The van der Waals surface area contributed by atoms with E-state index in [0.717, 1.165) is 6.42 Å². The Kier molecular flexibility index (Phi) is 6.27. The fourth-order valence-corrected chi connectivity index (χ4v) is 1.44. The maximum atomic E-state index is 11.6. The van der Waals surface area contributed by atoms with Crippen molar-refractivity contribution in [3.05, 3.63) is 5.28 Å². The highest BCUT2D eigenvalue weighted by Gasteiger charge is 2.12. The van der Waals surface area contributed by atoms with Gasteiger partial charge in [-0.05, 0) is 24.9 Å². The summed E-state index contributed by atoms with van der Waals surface area (Å²) in [4.78, 5) is 25.0. The number of aromatic nitrogens is 3. The lowest BCUT2D eigenvalue weighted by molar-refractivity contribution is -0.119. The molecule has 8 heteroatoms. The Bertz CT molecular complexity index is 430. The van der Waals surface area contributed by atoms with Crippen molar-refractivity contribution >= 4 is 23.5 Å². The highest BCUT2D eigenvalue weighted by atomic mass is 35.5. The summed E-state index contributed by atoms with van der Waals surface area (Å²) < 4.78 is 5.17. The fraction of sp³-hybridized carbons (Fsp3) is 0.636. The van der Waals surface area contributed by atoms with E-state index in [1.165, 1.54) is 0 Å². The Morgan fingerprint density at radius 3 is 2.74 bits per heavy atom. The second-order valence-electron chi connectivity index (χ2n) is 3.83. The lowest BCUT2D eigenvalue weighted by Gasteiger charge is -2.16. The molecule has 1 N–H and O–H groups in total. The van der Waals surface area contributed by atoms with Crippen LogP contribution >= 0.6 is 11.6 Å². The summed E-state index contributed by atoms with van der Waals surface area (Å²) in [7, 11) is 1.70. The number of hydrogen-bond donors (Lipinski definition) is 1. The van der Waals surface area contributed by atoms with Crippen molar-refractivity contribution in [2.45, 2.75) is 20.3 Å². The van der Waals surface area contributed by atoms with E-state index in [-0.39, 0.29) is 23.7 Å². The van der Waals surface area contributed by atoms with Crippen LogP contribution in [0.4, 0.5) is 5.95 Å². The molecule has 106 valence electrons. The van der Waals surface area contributed by atoms with Crippen LogP contribution in [0, 0.1) is 0 Å². The van der Waals surface area contributed by atoms with Crippen LogP contribution in [0.5, 0.6) is 6.01 Å². The summed E-state index contributed by atoms with van der Waals surface area (Å²) in [6, 6.07) is 0.151. The zero-order valence-electron chi connectivity index (χ0n) is 11.3. The molecular formula is C11H18ClN5O2. The van der Waals surface area contributed by atoms with Crippen molar-refractivity contribution in [2.24, 2.45) is 0 Å². The molecule has 1 heterocycles. The van der Waals surface area contributed by atoms with Crippen LogP contribution in [0.2, 0.25) is 5.28 Å². The van der Waals surface area contributed by atoms with Gasteiger partial charge in [0.15, 0.2) is 0 Å². The molecule has 0 bridgehead atoms. The van der Waals surface area contributed by atoms with Crippen molar-refractivity contribution in [1.29, 1.82) is 0 Å². The number of carbonyl (C=O) groups excluding carboxylic acids is 1. The topological polar surface area (TPSA) is 80.2 Å². The number of amides is 1. The Hall–Kier alpha value is -1.63. The Morgan fingerprint density at radius 1 is 1.37 bits per heavy atom. The number of anilines is 1. The van der Waals surface area contributed by atoms with Crippen LogP contribution in [-0.4, -0.2) is 47.6 Å². The van der Waals surface area contributed by atoms with Crippen LogP contribution in [0.3, 0.4) is 0 Å². The molecule has 7 nitrogen and oxygen atoms in total. The average molecular weight is 288 g/mol. The summed E-state index contributed by atoms with van der Waals surface area (Å²) >= 11 is 5.78.